The van der Waals surface area contributed by atoms with Gasteiger partial charge in [-0.2, -0.15) is 0 Å². The van der Waals surface area contributed by atoms with E-state index in [1.165, 1.54) is 45.1 Å². The minimum Gasteiger partial charge on any atom is -0.346 e. The molecule has 3 heterocycles. The maximum absolute atomic E-state index is 12.6. The summed E-state index contributed by atoms with van der Waals surface area (Å²) in [7, 11) is 2.19. The van der Waals surface area contributed by atoms with Crippen molar-refractivity contribution in [3.8, 4) is 0 Å². The summed E-state index contributed by atoms with van der Waals surface area (Å²) < 4.78 is 2.36. The molecule has 1 aliphatic heterocycles. The summed E-state index contributed by atoms with van der Waals surface area (Å²) in [6, 6.07) is 15.4. The van der Waals surface area contributed by atoms with Gasteiger partial charge in [0.25, 0.3) is 5.56 Å². The largest absolute Gasteiger partial charge is 0.346 e. The number of aryl methyl sites for hydroxylation is 2. The third-order valence-electron chi connectivity index (χ3n) is 7.20. The fourth-order valence-electron chi connectivity index (χ4n) is 5.67. The molecule has 0 unspecified atom stereocenters. The van der Waals surface area contributed by atoms with E-state index in [0.717, 1.165) is 56.4 Å². The number of nitrogens with zero attached hydrogens (tertiary/aromatic N) is 2. The number of aromatic nitrogens is 2. The molecule has 0 fully saturated rings. The van der Waals surface area contributed by atoms with Gasteiger partial charge >= 0.3 is 0 Å². The van der Waals surface area contributed by atoms with Gasteiger partial charge in [0, 0.05) is 59.7 Å². The van der Waals surface area contributed by atoms with E-state index in [1.807, 2.05) is 0 Å². The summed E-state index contributed by atoms with van der Waals surface area (Å²) in [5.74, 6) is 0. The molecule has 0 spiro atoms. The zero-order valence-electron chi connectivity index (χ0n) is 17.5. The van der Waals surface area contributed by atoms with E-state index >= 15 is 0 Å². The van der Waals surface area contributed by atoms with Gasteiger partial charge < -0.3 is 9.55 Å². The second kappa shape index (κ2) is 6.85. The molecule has 0 saturated carbocycles. The van der Waals surface area contributed by atoms with Crippen molar-refractivity contribution in [3.63, 3.8) is 0 Å². The minimum atomic E-state index is 0.118. The van der Waals surface area contributed by atoms with E-state index in [1.54, 1.807) is 0 Å². The summed E-state index contributed by atoms with van der Waals surface area (Å²) >= 11 is 0. The van der Waals surface area contributed by atoms with Crippen LogP contribution in [0.15, 0.2) is 47.3 Å². The Labute approximate surface area is 176 Å². The Morgan fingerprint density at radius 3 is 2.67 bits per heavy atom. The lowest BCUT2D eigenvalue weighted by molar-refractivity contribution is 0.240. The number of H-pyrrole nitrogens is 1. The standard InChI is InChI=1S/C26H27N3O/c1-28-24-9-5-4-7-20(24)21-12-13-29(16-25(21)28)15-17-10-11-19-18-6-2-3-8-22(18)26(30)27-23(19)14-17/h4-5,7,9-11,14H,2-3,6,8,12-13,15-16H2,1H3,(H,27,30). The smallest absolute Gasteiger partial charge is 0.251 e. The number of hydrogen-bond acceptors (Lipinski definition) is 2. The number of benzene rings is 2. The van der Waals surface area contributed by atoms with E-state index in [0.29, 0.717) is 0 Å². The fraction of sp³-hybridized carbons (Fsp3) is 0.346. The molecule has 4 nitrogen and oxygen atoms in total. The highest BCUT2D eigenvalue weighted by Gasteiger charge is 2.23. The van der Waals surface area contributed by atoms with Crippen LogP contribution in [0.3, 0.4) is 0 Å². The number of hydrogen-bond donors (Lipinski definition) is 1. The van der Waals surface area contributed by atoms with Crippen LogP contribution >= 0.6 is 0 Å². The zero-order valence-corrected chi connectivity index (χ0v) is 17.5. The molecular formula is C26H27N3O. The summed E-state index contributed by atoms with van der Waals surface area (Å²) in [5, 5.41) is 2.64. The molecule has 0 radical (unpaired) electrons. The Kier molecular flexibility index (Phi) is 4.10. The maximum atomic E-state index is 12.6. The number of aromatic amines is 1. The molecule has 0 saturated heterocycles. The number of nitrogens with one attached hydrogen (secondary N) is 1. The van der Waals surface area contributed by atoms with Crippen LogP contribution in [0.5, 0.6) is 0 Å². The quantitative estimate of drug-likeness (QED) is 0.543. The second-order valence-electron chi connectivity index (χ2n) is 8.96. The van der Waals surface area contributed by atoms with Crippen molar-refractivity contribution in [1.82, 2.24) is 14.5 Å². The third kappa shape index (κ3) is 2.74. The topological polar surface area (TPSA) is 41.0 Å². The van der Waals surface area contributed by atoms with Crippen molar-refractivity contribution in [3.05, 3.63) is 80.8 Å². The zero-order chi connectivity index (χ0) is 20.2. The molecule has 1 N–H and O–H groups in total. The molecule has 2 aromatic carbocycles. The minimum absolute atomic E-state index is 0.118. The van der Waals surface area contributed by atoms with Crippen molar-refractivity contribution < 1.29 is 0 Å². The van der Waals surface area contributed by atoms with E-state index in [9.17, 15) is 4.79 Å². The fourth-order valence-corrected chi connectivity index (χ4v) is 5.67. The Morgan fingerprint density at radius 1 is 0.933 bits per heavy atom. The highest BCUT2D eigenvalue weighted by atomic mass is 16.1. The van der Waals surface area contributed by atoms with Crippen molar-refractivity contribution in [1.29, 1.82) is 0 Å². The van der Waals surface area contributed by atoms with E-state index in [-0.39, 0.29) is 5.56 Å². The number of para-hydroxylation sites is 1. The molecule has 2 aliphatic rings. The average molecular weight is 398 g/mol. The lowest BCUT2D eigenvalue weighted by Gasteiger charge is -2.28. The van der Waals surface area contributed by atoms with Crippen LogP contribution in [-0.4, -0.2) is 21.0 Å². The predicted molar refractivity (Wildman–Crippen MR) is 122 cm³/mol. The van der Waals surface area contributed by atoms with Gasteiger partial charge in [-0.3, -0.25) is 9.69 Å². The van der Waals surface area contributed by atoms with Gasteiger partial charge in [-0.25, -0.2) is 0 Å². The van der Waals surface area contributed by atoms with Crippen LogP contribution in [0.2, 0.25) is 0 Å². The SMILES string of the molecule is Cn1c2c(c3ccccc31)CCN(Cc1ccc3c4c(c(=O)[nH]c3c1)CCCC4)C2. The van der Waals surface area contributed by atoms with Gasteiger partial charge in [0.15, 0.2) is 0 Å². The highest BCUT2D eigenvalue weighted by Crippen LogP contribution is 2.31. The van der Waals surface area contributed by atoms with Crippen molar-refractivity contribution in [2.75, 3.05) is 6.54 Å². The molecule has 0 amide bonds. The lowest BCUT2D eigenvalue weighted by atomic mass is 9.89. The third-order valence-corrected chi connectivity index (χ3v) is 7.20. The Morgan fingerprint density at radius 2 is 1.77 bits per heavy atom. The van der Waals surface area contributed by atoms with Crippen LogP contribution < -0.4 is 5.56 Å². The first kappa shape index (κ1) is 18.0. The second-order valence-corrected chi connectivity index (χ2v) is 8.96. The highest BCUT2D eigenvalue weighted by molar-refractivity contribution is 5.86. The Balaban J connectivity index is 1.32. The molecule has 4 aromatic rings. The van der Waals surface area contributed by atoms with E-state index in [2.05, 4.69) is 64.0 Å². The average Bonchev–Trinajstić information content (AvgIpc) is 3.06. The normalized spacial score (nSPS) is 16.7. The first-order valence-corrected chi connectivity index (χ1v) is 11.1. The van der Waals surface area contributed by atoms with E-state index in [4.69, 9.17) is 0 Å². The van der Waals surface area contributed by atoms with Crippen LogP contribution in [0.25, 0.3) is 21.8 Å². The van der Waals surface area contributed by atoms with Gasteiger partial charge in [0.1, 0.15) is 0 Å². The molecular weight excluding hydrogens is 370 g/mol. The number of rotatable bonds is 2. The van der Waals surface area contributed by atoms with Crippen molar-refractivity contribution in [2.45, 2.75) is 45.2 Å². The maximum Gasteiger partial charge on any atom is 0.251 e. The molecule has 0 atom stereocenters. The van der Waals surface area contributed by atoms with Crippen LogP contribution in [0, 0.1) is 0 Å². The van der Waals surface area contributed by atoms with Gasteiger partial charge in [0.2, 0.25) is 0 Å². The molecule has 1 aliphatic carbocycles. The van der Waals surface area contributed by atoms with Crippen LogP contribution in [0.1, 0.15) is 40.8 Å². The molecule has 0 bridgehead atoms. The van der Waals surface area contributed by atoms with Gasteiger partial charge in [-0.05, 0) is 60.9 Å². The van der Waals surface area contributed by atoms with Gasteiger partial charge in [0.05, 0.1) is 0 Å². The summed E-state index contributed by atoms with van der Waals surface area (Å²) in [6.45, 7) is 2.95. The van der Waals surface area contributed by atoms with E-state index < -0.39 is 0 Å². The van der Waals surface area contributed by atoms with Gasteiger partial charge in [-0.1, -0.05) is 30.3 Å². The predicted octanol–water partition coefficient (Wildman–Crippen LogP) is 4.46. The lowest BCUT2D eigenvalue weighted by Crippen LogP contribution is -2.30. The van der Waals surface area contributed by atoms with Crippen LogP contribution in [-0.2, 0) is 39.4 Å². The first-order chi connectivity index (χ1) is 14.7. The molecule has 30 heavy (non-hydrogen) atoms. The molecule has 152 valence electrons. The first-order valence-electron chi connectivity index (χ1n) is 11.1. The molecule has 6 rings (SSSR count). The molecule has 2 aromatic heterocycles. The Bertz CT molecular complexity index is 1340. The van der Waals surface area contributed by atoms with Crippen molar-refractivity contribution >= 4 is 21.8 Å². The summed E-state index contributed by atoms with van der Waals surface area (Å²) in [6.07, 6.45) is 5.36. The number of pyridine rings is 1. The summed E-state index contributed by atoms with van der Waals surface area (Å²) in [5.41, 5.74) is 8.97. The molecule has 4 heteroatoms. The Hall–Kier alpha value is -2.85. The monoisotopic (exact) mass is 397 g/mol. The van der Waals surface area contributed by atoms with Crippen molar-refractivity contribution in [2.24, 2.45) is 7.05 Å². The van der Waals surface area contributed by atoms with Gasteiger partial charge in [-0.15, -0.1) is 0 Å². The number of fused-ring (bicyclic) bond motifs is 6. The summed E-state index contributed by atoms with van der Waals surface area (Å²) in [4.78, 5) is 18.3. The van der Waals surface area contributed by atoms with Crippen LogP contribution in [0.4, 0.5) is 0 Å².